The summed E-state index contributed by atoms with van der Waals surface area (Å²) in [7, 11) is -3.26. The zero-order valence-electron chi connectivity index (χ0n) is 78.7. The number of aromatic nitrogens is 5. The minimum absolute atomic E-state index is 0.00232. The summed E-state index contributed by atoms with van der Waals surface area (Å²) >= 11 is 18.7. The Morgan fingerprint density at radius 3 is 0.927 bits per heavy atom. The first-order valence-electron chi connectivity index (χ1n) is 49.1. The number of benzene rings is 5. The molecule has 5 aromatic heterocycles. The van der Waals surface area contributed by atoms with Crippen molar-refractivity contribution in [1.82, 2.24) is 51.5 Å². The SMILES string of the molecule is CC(C)Oc1ccc(C(C[C@H]2CCC(=O)N2)c2ccc(Cl)c(=O)[nH]2)cc1Cl.CCOc1ccc(C(C[C@H]2CCC(=O)N2)c2ccc(C3CC3)c(=O)[nH]2)cc1Cl.CCc1ccc(C(C[C@H]2CCC(=O)N2)c2ccc(C3CC3)c(=O)[nH]2)cc1.Cc1cc(C(C[C@H]2CCC(=O)N2)c2ccc(C3CC3)c(=O)[nH]2)ccc1S(=O)(=O)C1CC1.Cc1ccc(C(C[C@H]2CCC(=O)N2)c2ccc(C3CC3)c(=O)[nH]2)cc1. The summed E-state index contributed by atoms with van der Waals surface area (Å²) < 4.78 is 36.7. The topological polar surface area (TPSA) is 362 Å². The number of H-pyrrole nitrogens is 5. The molecule has 5 saturated carbocycles. The number of hydrogen-bond acceptors (Lipinski definition) is 14. The third-order valence-electron chi connectivity index (χ3n) is 28.2. The molecule has 5 aliphatic carbocycles. The first kappa shape index (κ1) is 98.7. The van der Waals surface area contributed by atoms with Gasteiger partial charge in [-0.2, -0.15) is 0 Å². The molecule has 5 aliphatic heterocycles. The Balaban J connectivity index is 0.000000124. The summed E-state index contributed by atoms with van der Waals surface area (Å²) in [6.45, 7) is 12.4. The molecule has 10 aromatic rings. The van der Waals surface area contributed by atoms with E-state index in [0.29, 0.717) is 102 Å². The Morgan fingerprint density at radius 2 is 0.642 bits per heavy atom. The summed E-state index contributed by atoms with van der Waals surface area (Å²) in [5.41, 5.74) is 16.1. The average Bonchev–Trinajstić information content (AvgIpc) is 1.64. The molecule has 137 heavy (non-hydrogen) atoms. The van der Waals surface area contributed by atoms with E-state index in [2.05, 4.69) is 126 Å². The van der Waals surface area contributed by atoms with Gasteiger partial charge < -0.3 is 61.0 Å². The first-order chi connectivity index (χ1) is 65.9. The van der Waals surface area contributed by atoms with Crippen LogP contribution in [0, 0.1) is 13.8 Å². The van der Waals surface area contributed by atoms with Crippen LogP contribution in [0.3, 0.4) is 0 Å². The van der Waals surface area contributed by atoms with Crippen LogP contribution in [0.5, 0.6) is 11.5 Å². The molecule has 10 N–H and O–H groups in total. The number of carbonyl (C=O) groups is 5. The molecular weight excluding hydrogens is 1810 g/mol. The van der Waals surface area contributed by atoms with E-state index >= 15 is 0 Å². The molecule has 5 unspecified atom stereocenters. The molecule has 10 fully saturated rings. The van der Waals surface area contributed by atoms with Gasteiger partial charge in [-0.05, 0) is 299 Å². The second-order valence-electron chi connectivity index (χ2n) is 39.2. The van der Waals surface area contributed by atoms with Crippen molar-refractivity contribution in [1.29, 1.82) is 0 Å². The predicted molar refractivity (Wildman–Crippen MR) is 535 cm³/mol. The third-order valence-corrected chi connectivity index (χ3v) is 31.5. The van der Waals surface area contributed by atoms with Crippen molar-refractivity contribution in [2.75, 3.05) is 6.61 Å². The number of carbonyl (C=O) groups excluding carboxylic acids is 5. The van der Waals surface area contributed by atoms with E-state index in [4.69, 9.17) is 44.3 Å². The highest BCUT2D eigenvalue weighted by molar-refractivity contribution is 7.92. The van der Waals surface area contributed by atoms with Crippen LogP contribution in [0.25, 0.3) is 0 Å². The first-order valence-corrected chi connectivity index (χ1v) is 51.8. The quantitative estimate of drug-likeness (QED) is 0.0193. The van der Waals surface area contributed by atoms with Crippen molar-refractivity contribution in [3.63, 3.8) is 0 Å². The van der Waals surface area contributed by atoms with Crippen LogP contribution in [0.15, 0.2) is 193 Å². The summed E-state index contributed by atoms with van der Waals surface area (Å²) in [4.78, 5) is 136. The van der Waals surface area contributed by atoms with Crippen LogP contribution in [0.1, 0.15) is 337 Å². The lowest BCUT2D eigenvalue weighted by molar-refractivity contribution is -0.120. The van der Waals surface area contributed by atoms with Crippen LogP contribution in [-0.2, 0) is 40.2 Å². The van der Waals surface area contributed by atoms with Crippen LogP contribution in [0.4, 0.5) is 0 Å². The standard InChI is InChI=1S/C24H28N2O4S.C22H25ClN2O3.C22H26N2O2.C21H24N2O2.C20H22Cl2N2O3/c1-14-12-16(4-10-22(14)31(29,30)18-6-7-18)20(13-17-5-11-23(27)25-17)21-9-8-19(15-2-3-15)24(28)26-21;1-2-28-20-9-5-14(11-18(20)23)17(12-15-6-10-21(26)24-15)19-8-7-16(13-3-4-13)22(27)25-19;1-2-14-3-5-16(6-4-14)19(13-17-9-12-21(25)23-17)20-11-10-18(15-7-8-15)22(26)24-20;1-13-2-4-15(5-3-13)18(12-16-8-11-20(24)22-16)19-10-9-17(14-6-7-14)21(25)23-19;1-11(2)27-18-7-3-12(9-16(18)22)14(10-13-4-8-19(25)23-13)17-6-5-15(21)20(26)24-17/h4,8-10,12,15,17-18,20H,2-3,5-7,11,13H2,1H3,(H,25,27)(H,26,28);5,7-9,11,13,15,17H,2-4,6,10,12H2,1H3,(H,24,26)(H,25,27);3-6,10-11,15,17,19H,2,7-9,12-13H2,1H3,(H,23,25)(H,24,26);2-5,9-10,14,16,18H,6-8,11-12H2,1H3,(H,22,24)(H,23,25);3,5-7,9,11,13-14H,4,8,10H2,1-2H3,(H,23,25)(H,24,26)/t17-,20?;15-,17?;17-,19?;16-,18?;13-,14?/m11111/s1. The molecule has 0 bridgehead atoms. The highest BCUT2D eigenvalue weighted by Crippen LogP contribution is 2.46. The highest BCUT2D eigenvalue weighted by atomic mass is 35.5. The lowest BCUT2D eigenvalue weighted by atomic mass is 9.87. The van der Waals surface area contributed by atoms with Gasteiger partial charge in [0.15, 0.2) is 9.84 Å². The fourth-order valence-corrected chi connectivity index (χ4v) is 22.4. The number of ether oxygens (including phenoxy) is 2. The third kappa shape index (κ3) is 25.8. The number of aromatic amines is 5. The van der Waals surface area contributed by atoms with E-state index in [1.807, 2.05) is 113 Å². The van der Waals surface area contributed by atoms with Gasteiger partial charge in [0.1, 0.15) is 16.5 Å². The van der Waals surface area contributed by atoms with Gasteiger partial charge in [-0.15, -0.1) is 0 Å². The minimum Gasteiger partial charge on any atom is -0.492 e. The number of halogens is 3. The van der Waals surface area contributed by atoms with Crippen molar-refractivity contribution < 1.29 is 41.9 Å². The van der Waals surface area contributed by atoms with Gasteiger partial charge in [-0.1, -0.05) is 144 Å². The van der Waals surface area contributed by atoms with Crippen molar-refractivity contribution in [3.8, 4) is 11.5 Å². The fourth-order valence-electron chi connectivity index (χ4n) is 19.9. The van der Waals surface area contributed by atoms with Gasteiger partial charge >= 0.3 is 0 Å². The zero-order valence-corrected chi connectivity index (χ0v) is 81.8. The summed E-state index contributed by atoms with van der Waals surface area (Å²) in [5.74, 6) is 3.27. The zero-order chi connectivity index (χ0) is 96.5. The molecule has 5 aromatic carbocycles. The minimum atomic E-state index is -3.26. The Hall–Kier alpha value is -11.4. The summed E-state index contributed by atoms with van der Waals surface area (Å²) in [5, 5.41) is 16.1. The molecule has 24 nitrogen and oxygen atoms in total. The summed E-state index contributed by atoms with van der Waals surface area (Å²) in [6.07, 6.45) is 21.9. The van der Waals surface area contributed by atoms with Crippen molar-refractivity contribution >= 4 is 74.2 Å². The van der Waals surface area contributed by atoms with Crippen molar-refractivity contribution in [3.05, 3.63) is 326 Å². The fraction of sp³-hybridized carbons (Fsp3) is 0.450. The smallest absolute Gasteiger partial charge is 0.266 e. The largest absolute Gasteiger partial charge is 0.492 e. The van der Waals surface area contributed by atoms with E-state index in [0.717, 1.165) is 195 Å². The maximum atomic E-state index is 12.7. The molecular formula is C109H125Cl3N10O14S. The van der Waals surface area contributed by atoms with Gasteiger partial charge in [0.2, 0.25) is 29.5 Å². The molecule has 10 atom stereocenters. The molecule has 10 heterocycles. The Kier molecular flexibility index (Phi) is 31.8. The lowest BCUT2D eigenvalue weighted by Gasteiger charge is -2.23. The van der Waals surface area contributed by atoms with Gasteiger partial charge in [0.05, 0.1) is 32.9 Å². The lowest BCUT2D eigenvalue weighted by Crippen LogP contribution is -2.28. The van der Waals surface area contributed by atoms with Crippen LogP contribution in [0.2, 0.25) is 15.1 Å². The molecule has 5 amide bonds. The van der Waals surface area contributed by atoms with Gasteiger partial charge in [0, 0.05) is 143 Å². The van der Waals surface area contributed by atoms with Crippen LogP contribution >= 0.6 is 34.8 Å². The Labute approximate surface area is 814 Å². The summed E-state index contributed by atoms with van der Waals surface area (Å²) in [6, 6.07) is 54.0. The van der Waals surface area contributed by atoms with Crippen molar-refractivity contribution in [2.24, 2.45) is 0 Å². The Morgan fingerprint density at radius 1 is 0.336 bits per heavy atom. The number of sulfone groups is 1. The number of pyridine rings is 5. The van der Waals surface area contributed by atoms with E-state index in [1.165, 1.54) is 22.3 Å². The molecule has 5 saturated heterocycles. The number of aryl methyl sites for hydroxylation is 3. The van der Waals surface area contributed by atoms with Crippen LogP contribution in [-0.4, -0.2) is 111 Å². The van der Waals surface area contributed by atoms with E-state index in [9.17, 15) is 56.4 Å². The number of hydrogen-bond donors (Lipinski definition) is 10. The average molecular weight is 1940 g/mol. The highest BCUT2D eigenvalue weighted by Gasteiger charge is 2.40. The number of amides is 5. The van der Waals surface area contributed by atoms with Crippen LogP contribution < -0.4 is 63.9 Å². The van der Waals surface area contributed by atoms with Gasteiger partial charge in [0.25, 0.3) is 27.8 Å². The Bertz CT molecular complexity index is 6510. The maximum absolute atomic E-state index is 12.7. The van der Waals surface area contributed by atoms with E-state index in [1.54, 1.807) is 18.2 Å². The van der Waals surface area contributed by atoms with E-state index < -0.39 is 9.84 Å². The van der Waals surface area contributed by atoms with Gasteiger partial charge in [-0.25, -0.2) is 8.42 Å². The molecule has 722 valence electrons. The molecule has 0 spiro atoms. The molecule has 20 rings (SSSR count). The molecule has 0 radical (unpaired) electrons. The molecule has 28 heteroatoms. The maximum Gasteiger partial charge on any atom is 0.266 e. The monoisotopic (exact) mass is 1930 g/mol. The number of rotatable bonds is 31. The van der Waals surface area contributed by atoms with Gasteiger partial charge in [-0.3, -0.25) is 47.9 Å². The second-order valence-corrected chi connectivity index (χ2v) is 42.6. The predicted octanol–water partition coefficient (Wildman–Crippen LogP) is 18.6. The number of nitrogens with one attached hydrogen (secondary N) is 10. The van der Waals surface area contributed by atoms with Crippen molar-refractivity contribution in [2.45, 2.75) is 308 Å². The second kappa shape index (κ2) is 44.2. The normalized spacial score (nSPS) is 20.5. The van der Waals surface area contributed by atoms with E-state index in [-0.39, 0.29) is 134 Å². The molecule has 10 aliphatic rings.